The number of hydrogen-bond donors (Lipinski definition) is 2. The molecule has 11 heteroatoms. The number of fused-ring (bicyclic) bond motifs is 1. The van der Waals surface area contributed by atoms with E-state index in [0.29, 0.717) is 69.6 Å². The van der Waals surface area contributed by atoms with Gasteiger partial charge in [-0.25, -0.2) is 4.68 Å². The Labute approximate surface area is 283 Å². The van der Waals surface area contributed by atoms with Gasteiger partial charge in [0.25, 0.3) is 5.91 Å². The zero-order chi connectivity index (χ0) is 33.0. The van der Waals surface area contributed by atoms with Gasteiger partial charge in [0.2, 0.25) is 11.1 Å². The molecule has 2 heterocycles. The van der Waals surface area contributed by atoms with Gasteiger partial charge in [-0.15, -0.1) is 5.10 Å². The topological polar surface area (TPSA) is 99.5 Å². The van der Waals surface area contributed by atoms with E-state index in [-0.39, 0.29) is 5.91 Å². The molecule has 0 radical (unpaired) electrons. The summed E-state index contributed by atoms with van der Waals surface area (Å²) in [4.78, 5) is 18.9. The fourth-order valence-electron chi connectivity index (χ4n) is 5.44. The van der Waals surface area contributed by atoms with Crippen molar-refractivity contribution in [2.24, 2.45) is 0 Å². The number of nitrogens with one attached hydrogen (secondary N) is 2. The van der Waals surface area contributed by atoms with Crippen LogP contribution in [0.3, 0.4) is 0 Å². The lowest BCUT2D eigenvalue weighted by molar-refractivity contribution is -0.113. The molecule has 1 aliphatic rings. The standard InChI is InChI=1S/C35H40BrN5O4S/c1-8-43-28-14-12-11-13-27(28)38-33(42)30-23(7)37-34-39-35(46-10-3)40-41(34)31(30)24-17-26(36)32(29(18-24)44-9-2)45-19-25-16-21(5)20(4)15-22(25)6/h11-18,31H,8-10,19H2,1-7H3,(H,38,42)(H,37,39,40). The van der Waals surface area contributed by atoms with Crippen LogP contribution >= 0.6 is 27.7 Å². The first-order valence-electron chi connectivity index (χ1n) is 15.4. The third kappa shape index (κ3) is 7.05. The number of aryl methyl sites for hydroxylation is 3. The van der Waals surface area contributed by atoms with Crippen LogP contribution < -0.4 is 24.8 Å². The summed E-state index contributed by atoms with van der Waals surface area (Å²) in [7, 11) is 0. The third-order valence-corrected chi connectivity index (χ3v) is 9.07. The van der Waals surface area contributed by atoms with E-state index < -0.39 is 6.04 Å². The van der Waals surface area contributed by atoms with E-state index in [9.17, 15) is 4.79 Å². The highest BCUT2D eigenvalue weighted by molar-refractivity contribution is 9.10. The molecular formula is C35H40BrN5O4S. The summed E-state index contributed by atoms with van der Waals surface area (Å²) in [5, 5.41) is 11.8. The number of rotatable bonds is 12. The van der Waals surface area contributed by atoms with Crippen molar-refractivity contribution in [3.63, 3.8) is 0 Å². The Morgan fingerprint density at radius 3 is 2.41 bits per heavy atom. The number of carbonyl (C=O) groups excluding carboxylic acids is 1. The number of anilines is 2. The summed E-state index contributed by atoms with van der Waals surface area (Å²) in [6, 6.07) is 15.0. The van der Waals surface area contributed by atoms with Gasteiger partial charge in [-0.05, 0) is 115 Å². The van der Waals surface area contributed by atoms with Gasteiger partial charge in [-0.1, -0.05) is 43.0 Å². The molecule has 0 bridgehead atoms. The second-order valence-electron chi connectivity index (χ2n) is 11.0. The van der Waals surface area contributed by atoms with Crippen molar-refractivity contribution in [3.8, 4) is 17.2 Å². The molecule has 2 N–H and O–H groups in total. The van der Waals surface area contributed by atoms with E-state index in [1.54, 1.807) is 4.68 Å². The summed E-state index contributed by atoms with van der Waals surface area (Å²) in [5.74, 6) is 2.85. The average Bonchev–Trinajstić information content (AvgIpc) is 3.41. The van der Waals surface area contributed by atoms with Crippen LogP contribution in [-0.2, 0) is 11.4 Å². The molecule has 1 amide bonds. The van der Waals surface area contributed by atoms with Crippen molar-refractivity contribution < 1.29 is 19.0 Å². The van der Waals surface area contributed by atoms with Crippen LogP contribution in [0.1, 0.15) is 61.6 Å². The van der Waals surface area contributed by atoms with Crippen LogP contribution in [0.2, 0.25) is 0 Å². The number of ether oxygens (including phenoxy) is 3. The van der Waals surface area contributed by atoms with Crippen molar-refractivity contribution in [3.05, 3.63) is 92.1 Å². The van der Waals surface area contributed by atoms with Crippen molar-refractivity contribution in [1.29, 1.82) is 0 Å². The number of para-hydroxylation sites is 2. The summed E-state index contributed by atoms with van der Waals surface area (Å²) >= 11 is 5.31. The first kappa shape index (κ1) is 33.4. The molecule has 4 aromatic rings. The Bertz CT molecular complexity index is 1790. The molecule has 0 saturated carbocycles. The number of aromatic nitrogens is 3. The Balaban J connectivity index is 1.57. The fourth-order valence-corrected chi connectivity index (χ4v) is 6.57. The number of nitrogens with zero attached hydrogens (tertiary/aromatic N) is 3. The van der Waals surface area contributed by atoms with Gasteiger partial charge in [0, 0.05) is 5.70 Å². The van der Waals surface area contributed by atoms with Gasteiger partial charge in [-0.3, -0.25) is 4.79 Å². The Morgan fingerprint density at radius 1 is 0.957 bits per heavy atom. The number of halogens is 1. The zero-order valence-corrected chi connectivity index (χ0v) is 29.7. The van der Waals surface area contributed by atoms with Crippen molar-refractivity contribution in [2.45, 2.75) is 66.3 Å². The van der Waals surface area contributed by atoms with Crippen LogP contribution in [0.15, 0.2) is 69.4 Å². The Morgan fingerprint density at radius 2 is 1.67 bits per heavy atom. The highest BCUT2D eigenvalue weighted by atomic mass is 79.9. The van der Waals surface area contributed by atoms with Crippen molar-refractivity contribution in [1.82, 2.24) is 14.8 Å². The van der Waals surface area contributed by atoms with Gasteiger partial charge in [-0.2, -0.15) is 4.98 Å². The third-order valence-electron chi connectivity index (χ3n) is 7.76. The number of carbonyl (C=O) groups is 1. The number of benzene rings is 3. The Hall–Kier alpha value is -3.96. The number of hydrogen-bond acceptors (Lipinski definition) is 8. The van der Waals surface area contributed by atoms with E-state index in [4.69, 9.17) is 24.3 Å². The largest absolute Gasteiger partial charge is 0.492 e. The van der Waals surface area contributed by atoms with E-state index in [2.05, 4.69) is 66.4 Å². The van der Waals surface area contributed by atoms with Crippen molar-refractivity contribution in [2.75, 3.05) is 29.6 Å². The monoisotopic (exact) mass is 705 g/mol. The second kappa shape index (κ2) is 14.6. The van der Waals surface area contributed by atoms with Crippen LogP contribution in [0.4, 0.5) is 11.6 Å². The first-order chi connectivity index (χ1) is 22.1. The van der Waals surface area contributed by atoms with Gasteiger partial charge in [0.05, 0.1) is 28.9 Å². The summed E-state index contributed by atoms with van der Waals surface area (Å²) in [6.45, 7) is 15.4. The molecule has 1 atom stereocenters. The normalized spacial score (nSPS) is 14.0. The molecule has 1 aromatic heterocycles. The second-order valence-corrected chi connectivity index (χ2v) is 13.0. The molecular weight excluding hydrogens is 666 g/mol. The molecule has 0 aliphatic carbocycles. The minimum atomic E-state index is -0.610. The van der Waals surface area contributed by atoms with Crippen LogP contribution in [0.5, 0.6) is 17.2 Å². The van der Waals surface area contributed by atoms with Crippen LogP contribution in [-0.4, -0.2) is 39.6 Å². The molecule has 5 rings (SSSR count). The minimum Gasteiger partial charge on any atom is -0.492 e. The molecule has 0 fully saturated rings. The van der Waals surface area contributed by atoms with Gasteiger partial charge < -0.3 is 24.8 Å². The lowest BCUT2D eigenvalue weighted by Crippen LogP contribution is -2.31. The van der Waals surface area contributed by atoms with Crippen LogP contribution in [0, 0.1) is 20.8 Å². The molecule has 242 valence electrons. The predicted molar refractivity (Wildman–Crippen MR) is 187 cm³/mol. The van der Waals surface area contributed by atoms with E-state index in [1.807, 2.05) is 57.2 Å². The molecule has 3 aromatic carbocycles. The number of amides is 1. The summed E-state index contributed by atoms with van der Waals surface area (Å²) in [5.41, 5.74) is 7.28. The molecule has 1 aliphatic heterocycles. The molecule has 9 nitrogen and oxygen atoms in total. The molecule has 1 unspecified atom stereocenters. The quantitative estimate of drug-likeness (QED) is 0.142. The van der Waals surface area contributed by atoms with E-state index in [1.165, 1.54) is 28.5 Å². The van der Waals surface area contributed by atoms with Crippen LogP contribution in [0.25, 0.3) is 0 Å². The lowest BCUT2D eigenvalue weighted by Gasteiger charge is -2.29. The highest BCUT2D eigenvalue weighted by Gasteiger charge is 2.36. The van der Waals surface area contributed by atoms with Gasteiger partial charge in [0.1, 0.15) is 18.4 Å². The maximum atomic E-state index is 14.2. The van der Waals surface area contributed by atoms with E-state index >= 15 is 0 Å². The average molecular weight is 707 g/mol. The van der Waals surface area contributed by atoms with Crippen molar-refractivity contribution >= 4 is 45.2 Å². The fraction of sp³-hybridized carbons (Fsp3) is 0.343. The molecule has 0 saturated heterocycles. The summed E-state index contributed by atoms with van der Waals surface area (Å²) < 4.78 is 20.8. The van der Waals surface area contributed by atoms with E-state index in [0.717, 1.165) is 16.9 Å². The maximum Gasteiger partial charge on any atom is 0.255 e. The smallest absolute Gasteiger partial charge is 0.255 e. The summed E-state index contributed by atoms with van der Waals surface area (Å²) in [6.07, 6.45) is 0. The Kier molecular flexibility index (Phi) is 10.6. The maximum absolute atomic E-state index is 14.2. The number of allylic oxidation sites excluding steroid dienone is 1. The first-order valence-corrected chi connectivity index (χ1v) is 17.2. The number of thioether (sulfide) groups is 1. The SMILES string of the molecule is CCOc1ccccc1NC(=O)C1=C(C)Nc2nc(SCC)nn2C1c1cc(Br)c(OCc2cc(C)c(C)cc2C)c(OCC)c1. The molecule has 46 heavy (non-hydrogen) atoms. The van der Waals surface area contributed by atoms with Gasteiger partial charge >= 0.3 is 0 Å². The molecule has 0 spiro atoms. The zero-order valence-electron chi connectivity index (χ0n) is 27.3. The lowest BCUT2D eigenvalue weighted by atomic mass is 9.94. The van der Waals surface area contributed by atoms with Gasteiger partial charge in [0.15, 0.2) is 11.5 Å². The highest BCUT2D eigenvalue weighted by Crippen LogP contribution is 2.44. The minimum absolute atomic E-state index is 0.285. The predicted octanol–water partition coefficient (Wildman–Crippen LogP) is 8.38.